The number of methoxy groups -OCH3 is 1. The Morgan fingerprint density at radius 3 is 2.78 bits per heavy atom. The summed E-state index contributed by atoms with van der Waals surface area (Å²) in [6.45, 7) is 0. The summed E-state index contributed by atoms with van der Waals surface area (Å²) in [4.78, 5) is 5.41. The van der Waals surface area contributed by atoms with E-state index < -0.39 is 0 Å². The molecule has 0 unspecified atom stereocenters. The van der Waals surface area contributed by atoms with Gasteiger partial charge in [-0.15, -0.1) is 11.3 Å². The Kier molecular flexibility index (Phi) is 5.31. The maximum absolute atomic E-state index is 10.5. The first-order chi connectivity index (χ1) is 15.7. The van der Waals surface area contributed by atoms with Crippen LogP contribution in [0, 0.1) is 0 Å². The van der Waals surface area contributed by atoms with Crippen molar-refractivity contribution in [3.8, 4) is 23.0 Å². The van der Waals surface area contributed by atoms with Crippen LogP contribution in [0.3, 0.4) is 0 Å². The monoisotopic (exact) mass is 441 g/mol. The van der Waals surface area contributed by atoms with E-state index in [9.17, 15) is 5.11 Å². The van der Waals surface area contributed by atoms with Crippen molar-refractivity contribution in [1.82, 2.24) is 4.68 Å². The van der Waals surface area contributed by atoms with Gasteiger partial charge in [-0.3, -0.25) is 0 Å². The Morgan fingerprint density at radius 1 is 1.03 bits per heavy atom. The number of furan rings is 1. The zero-order valence-electron chi connectivity index (χ0n) is 17.2. The molecule has 32 heavy (non-hydrogen) atoms. The van der Waals surface area contributed by atoms with Crippen LogP contribution in [0.1, 0.15) is 5.56 Å². The molecule has 1 N–H and O–H groups in total. The first kappa shape index (κ1) is 19.8. The van der Waals surface area contributed by atoms with Crippen molar-refractivity contribution in [1.29, 1.82) is 0 Å². The number of rotatable bonds is 5. The summed E-state index contributed by atoms with van der Waals surface area (Å²) >= 11 is 1.44. The third kappa shape index (κ3) is 3.81. The zero-order valence-corrected chi connectivity index (χ0v) is 18.0. The number of ether oxygens (including phenoxy) is 1. The van der Waals surface area contributed by atoms with Crippen molar-refractivity contribution < 1.29 is 14.3 Å². The van der Waals surface area contributed by atoms with Crippen LogP contribution in [0.25, 0.3) is 22.2 Å². The highest BCUT2D eigenvalue weighted by molar-refractivity contribution is 7.07. The number of hydrogen-bond donors (Lipinski definition) is 1. The van der Waals surface area contributed by atoms with Crippen LogP contribution < -0.4 is 9.54 Å². The quantitative estimate of drug-likeness (QED) is 0.351. The first-order valence-electron chi connectivity index (χ1n) is 9.91. The van der Waals surface area contributed by atoms with Crippen LogP contribution in [-0.2, 0) is 0 Å². The number of aromatic hydroxyl groups is 1. The lowest BCUT2D eigenvalue weighted by Gasteiger charge is -2.05. The van der Waals surface area contributed by atoms with E-state index in [0.29, 0.717) is 16.1 Å². The number of nitrogens with zero attached hydrogens (tertiary/aromatic N) is 3. The number of phenols is 1. The van der Waals surface area contributed by atoms with Gasteiger partial charge in [0, 0.05) is 17.0 Å². The third-order valence-corrected chi connectivity index (χ3v) is 5.80. The van der Waals surface area contributed by atoms with E-state index >= 15 is 0 Å². The lowest BCUT2D eigenvalue weighted by Crippen LogP contribution is -2.11. The smallest absolute Gasteiger partial charge is 0.211 e. The van der Waals surface area contributed by atoms with Gasteiger partial charge in [-0.25, -0.2) is 9.67 Å². The first-order valence-corrected chi connectivity index (χ1v) is 10.8. The molecule has 6 nitrogen and oxygen atoms in total. The Labute approximate surface area is 188 Å². The van der Waals surface area contributed by atoms with Gasteiger partial charge in [0.15, 0.2) is 5.76 Å². The highest BCUT2D eigenvalue weighted by Crippen LogP contribution is 2.26. The molecule has 0 aliphatic carbocycles. The Hall–Kier alpha value is -4.10. The second kappa shape index (κ2) is 8.56. The van der Waals surface area contributed by atoms with Crippen LogP contribution in [0.5, 0.6) is 11.5 Å². The van der Waals surface area contributed by atoms with E-state index in [1.54, 1.807) is 30.3 Å². The average molecular weight is 442 g/mol. The number of hydrogen-bond acceptors (Lipinski definition) is 6. The SMILES string of the molecule is COc1cccc(N=c2scc(-c3ccco3)n2N=Cc2c(O)ccc3ccccc23)c1. The molecule has 7 heteroatoms. The third-order valence-electron chi connectivity index (χ3n) is 4.99. The lowest BCUT2D eigenvalue weighted by atomic mass is 10.0. The minimum Gasteiger partial charge on any atom is -0.507 e. The molecule has 0 radical (unpaired) electrons. The van der Waals surface area contributed by atoms with Gasteiger partial charge in [0.1, 0.15) is 17.2 Å². The standard InChI is InChI=1S/C25H19N3O3S/c1-30-19-8-4-7-18(14-19)27-25-28(22(16-32-25)24-10-5-13-31-24)26-15-21-20-9-3-2-6-17(20)11-12-23(21)29/h2-16,29H,1H3. The number of phenolic OH excluding ortho intramolecular Hbond substituents is 1. The second-order valence-electron chi connectivity index (χ2n) is 6.97. The molecule has 0 spiro atoms. The van der Waals surface area contributed by atoms with Gasteiger partial charge in [-0.05, 0) is 41.1 Å². The summed E-state index contributed by atoms with van der Waals surface area (Å²) < 4.78 is 12.6. The van der Waals surface area contributed by atoms with Crippen LogP contribution in [0.15, 0.2) is 99.0 Å². The van der Waals surface area contributed by atoms with Crippen molar-refractivity contribution in [2.24, 2.45) is 10.1 Å². The van der Waals surface area contributed by atoms with Crippen molar-refractivity contribution >= 4 is 34.0 Å². The molecule has 0 bridgehead atoms. The van der Waals surface area contributed by atoms with Gasteiger partial charge in [0.05, 0.1) is 25.3 Å². The molecule has 0 amide bonds. The van der Waals surface area contributed by atoms with Crippen LogP contribution in [-0.4, -0.2) is 23.1 Å². The van der Waals surface area contributed by atoms with E-state index in [4.69, 9.17) is 19.2 Å². The summed E-state index contributed by atoms with van der Waals surface area (Å²) in [6, 6.07) is 22.7. The molecule has 0 saturated carbocycles. The molecule has 0 aliphatic rings. The Balaban J connectivity index is 1.67. The summed E-state index contributed by atoms with van der Waals surface area (Å²) in [7, 11) is 1.63. The van der Waals surface area contributed by atoms with E-state index in [1.807, 2.05) is 72.1 Å². The summed E-state index contributed by atoms with van der Waals surface area (Å²) in [5.74, 6) is 1.56. The molecule has 2 aromatic heterocycles. The van der Waals surface area contributed by atoms with Gasteiger partial charge in [-0.2, -0.15) is 5.10 Å². The molecule has 0 atom stereocenters. The fourth-order valence-electron chi connectivity index (χ4n) is 3.41. The Morgan fingerprint density at radius 2 is 1.94 bits per heavy atom. The molecule has 0 fully saturated rings. The minimum atomic E-state index is 0.161. The summed E-state index contributed by atoms with van der Waals surface area (Å²) in [6.07, 6.45) is 3.28. The molecule has 2 heterocycles. The number of benzene rings is 3. The molecule has 5 aromatic rings. The molecule has 0 saturated heterocycles. The molecular formula is C25H19N3O3S. The summed E-state index contributed by atoms with van der Waals surface area (Å²) in [5.41, 5.74) is 2.14. The number of aromatic nitrogens is 1. The van der Waals surface area contributed by atoms with Gasteiger partial charge in [0.25, 0.3) is 0 Å². The van der Waals surface area contributed by atoms with Crippen molar-refractivity contribution in [3.63, 3.8) is 0 Å². The van der Waals surface area contributed by atoms with Crippen molar-refractivity contribution in [3.05, 3.63) is 94.8 Å². The predicted molar refractivity (Wildman–Crippen MR) is 127 cm³/mol. The van der Waals surface area contributed by atoms with Gasteiger partial charge < -0.3 is 14.3 Å². The second-order valence-corrected chi connectivity index (χ2v) is 7.81. The van der Waals surface area contributed by atoms with Gasteiger partial charge in [0.2, 0.25) is 4.80 Å². The fraction of sp³-hybridized carbons (Fsp3) is 0.0400. The maximum atomic E-state index is 10.5. The van der Waals surface area contributed by atoms with E-state index in [1.165, 1.54) is 11.3 Å². The normalized spacial score (nSPS) is 12.1. The van der Waals surface area contributed by atoms with E-state index in [0.717, 1.165) is 27.9 Å². The zero-order chi connectivity index (χ0) is 21.9. The van der Waals surface area contributed by atoms with Crippen molar-refractivity contribution in [2.75, 3.05) is 7.11 Å². The number of thiazole rings is 1. The molecule has 158 valence electrons. The fourth-order valence-corrected chi connectivity index (χ4v) is 4.25. The van der Waals surface area contributed by atoms with Gasteiger partial charge >= 0.3 is 0 Å². The topological polar surface area (TPSA) is 72.2 Å². The van der Waals surface area contributed by atoms with Gasteiger partial charge in [-0.1, -0.05) is 36.4 Å². The average Bonchev–Trinajstić information content (AvgIpc) is 3.49. The molecular weight excluding hydrogens is 422 g/mol. The molecule has 3 aromatic carbocycles. The Bertz CT molecular complexity index is 1480. The maximum Gasteiger partial charge on any atom is 0.211 e. The van der Waals surface area contributed by atoms with E-state index in [2.05, 4.69) is 0 Å². The minimum absolute atomic E-state index is 0.161. The molecule has 5 rings (SSSR count). The lowest BCUT2D eigenvalue weighted by molar-refractivity contribution is 0.415. The highest BCUT2D eigenvalue weighted by Gasteiger charge is 2.11. The van der Waals surface area contributed by atoms with E-state index in [-0.39, 0.29) is 5.75 Å². The largest absolute Gasteiger partial charge is 0.507 e. The van der Waals surface area contributed by atoms with Crippen LogP contribution >= 0.6 is 11.3 Å². The number of fused-ring (bicyclic) bond motifs is 1. The van der Waals surface area contributed by atoms with Crippen molar-refractivity contribution in [2.45, 2.75) is 0 Å². The predicted octanol–water partition coefficient (Wildman–Crippen LogP) is 5.79. The van der Waals surface area contributed by atoms with Crippen LogP contribution in [0.2, 0.25) is 0 Å². The highest BCUT2D eigenvalue weighted by atomic mass is 32.1. The summed E-state index contributed by atoms with van der Waals surface area (Å²) in [5, 5.41) is 19.1. The van der Waals surface area contributed by atoms with Crippen LogP contribution in [0.4, 0.5) is 5.69 Å². The molecule has 0 aliphatic heterocycles.